The molecule has 0 bridgehead atoms. The van der Waals surface area contributed by atoms with Crippen LogP contribution in [-0.2, 0) is 9.47 Å². The molecule has 1 fully saturated rings. The summed E-state index contributed by atoms with van der Waals surface area (Å²) >= 11 is 0. The van der Waals surface area contributed by atoms with Gasteiger partial charge < -0.3 is 14.2 Å². The zero-order valence-corrected chi connectivity index (χ0v) is 14.6. The number of benzene rings is 2. The summed E-state index contributed by atoms with van der Waals surface area (Å²) in [5, 5.41) is 11.4. The van der Waals surface area contributed by atoms with Crippen LogP contribution < -0.4 is 4.74 Å². The third-order valence-corrected chi connectivity index (χ3v) is 4.22. The van der Waals surface area contributed by atoms with Gasteiger partial charge in [0.1, 0.15) is 0 Å². The third-order valence-electron chi connectivity index (χ3n) is 4.22. The Balaban J connectivity index is 1.85. The Morgan fingerprint density at radius 1 is 1.12 bits per heavy atom. The second kappa shape index (κ2) is 7.63. The summed E-state index contributed by atoms with van der Waals surface area (Å²) in [6, 6.07) is 9.45. The lowest BCUT2D eigenvalue weighted by Gasteiger charge is -2.23. The number of carbonyl (C=O) groups excluding carboxylic acids is 1. The molecule has 7 nitrogen and oxygen atoms in total. The zero-order valence-electron chi connectivity index (χ0n) is 14.6. The number of rotatable bonds is 4. The summed E-state index contributed by atoms with van der Waals surface area (Å²) in [4.78, 5) is 23.2. The van der Waals surface area contributed by atoms with Crippen LogP contribution >= 0.6 is 0 Å². The van der Waals surface area contributed by atoms with Gasteiger partial charge in [0, 0.05) is 11.6 Å². The van der Waals surface area contributed by atoms with Crippen molar-refractivity contribution < 1.29 is 23.9 Å². The molecule has 0 atom stereocenters. The van der Waals surface area contributed by atoms with Crippen molar-refractivity contribution in [2.24, 2.45) is 0 Å². The second-order valence-electron chi connectivity index (χ2n) is 6.10. The van der Waals surface area contributed by atoms with Crippen molar-refractivity contribution in [1.29, 1.82) is 0 Å². The van der Waals surface area contributed by atoms with Crippen molar-refractivity contribution in [2.75, 3.05) is 13.2 Å². The fourth-order valence-corrected chi connectivity index (χ4v) is 2.62. The highest BCUT2D eigenvalue weighted by atomic mass is 16.7. The molecule has 1 heterocycles. The molecule has 0 radical (unpaired) electrons. The van der Waals surface area contributed by atoms with Gasteiger partial charge in [-0.25, -0.2) is 4.79 Å². The van der Waals surface area contributed by atoms with Gasteiger partial charge in [-0.15, -0.1) is 0 Å². The summed E-state index contributed by atoms with van der Waals surface area (Å²) in [6.45, 7) is 4.88. The highest BCUT2D eigenvalue weighted by Gasteiger charge is 2.24. The number of aryl methyl sites for hydroxylation is 2. The monoisotopic (exact) mass is 357 g/mol. The molecule has 1 aliphatic heterocycles. The smallest absolute Gasteiger partial charge is 0.343 e. The van der Waals surface area contributed by atoms with Crippen molar-refractivity contribution in [1.82, 2.24) is 0 Å². The molecule has 136 valence electrons. The van der Waals surface area contributed by atoms with Gasteiger partial charge in [-0.05, 0) is 55.7 Å². The Morgan fingerprint density at radius 2 is 1.85 bits per heavy atom. The lowest BCUT2D eigenvalue weighted by Crippen LogP contribution is -2.18. The Bertz CT molecular complexity index is 842. The molecule has 0 spiro atoms. The number of nitro groups is 1. The SMILES string of the molecule is Cc1ccc(C(=O)Oc2ccc(C3OCCCO3)cc2[N+](=O)[O-])cc1C. The van der Waals surface area contributed by atoms with Gasteiger partial charge in [0.2, 0.25) is 5.75 Å². The minimum atomic E-state index is -0.646. The first kappa shape index (κ1) is 18.0. The lowest BCUT2D eigenvalue weighted by molar-refractivity contribution is -0.385. The topological polar surface area (TPSA) is 87.9 Å². The predicted molar refractivity (Wildman–Crippen MR) is 93.2 cm³/mol. The second-order valence-corrected chi connectivity index (χ2v) is 6.10. The molecule has 0 amide bonds. The van der Waals surface area contributed by atoms with E-state index < -0.39 is 17.2 Å². The van der Waals surface area contributed by atoms with Gasteiger partial charge in [0.15, 0.2) is 6.29 Å². The van der Waals surface area contributed by atoms with Crippen molar-refractivity contribution in [3.8, 4) is 5.75 Å². The summed E-state index contributed by atoms with van der Waals surface area (Å²) < 4.78 is 16.2. The zero-order chi connectivity index (χ0) is 18.7. The number of nitrogens with zero attached hydrogens (tertiary/aromatic N) is 1. The highest BCUT2D eigenvalue weighted by molar-refractivity contribution is 5.91. The minimum absolute atomic E-state index is 0.113. The van der Waals surface area contributed by atoms with E-state index in [2.05, 4.69) is 0 Å². The molecule has 0 unspecified atom stereocenters. The molecule has 2 aromatic carbocycles. The lowest BCUT2D eigenvalue weighted by atomic mass is 10.1. The highest BCUT2D eigenvalue weighted by Crippen LogP contribution is 2.33. The van der Waals surface area contributed by atoms with Gasteiger partial charge >= 0.3 is 11.7 Å². The number of esters is 1. The van der Waals surface area contributed by atoms with E-state index in [-0.39, 0.29) is 11.4 Å². The summed E-state index contributed by atoms with van der Waals surface area (Å²) in [6.07, 6.45) is 0.136. The molecule has 3 rings (SSSR count). The van der Waals surface area contributed by atoms with Crippen LogP contribution in [0, 0.1) is 24.0 Å². The van der Waals surface area contributed by atoms with E-state index in [1.54, 1.807) is 24.3 Å². The Kier molecular flexibility index (Phi) is 5.29. The average Bonchev–Trinajstić information content (AvgIpc) is 2.64. The molecule has 26 heavy (non-hydrogen) atoms. The van der Waals surface area contributed by atoms with Gasteiger partial charge in [-0.1, -0.05) is 6.07 Å². The van der Waals surface area contributed by atoms with Crippen LogP contribution in [0.3, 0.4) is 0 Å². The number of ether oxygens (including phenoxy) is 3. The van der Waals surface area contributed by atoms with Crippen LogP contribution in [-0.4, -0.2) is 24.1 Å². The van der Waals surface area contributed by atoms with E-state index in [4.69, 9.17) is 14.2 Å². The van der Waals surface area contributed by atoms with E-state index >= 15 is 0 Å². The minimum Gasteiger partial charge on any atom is -0.416 e. The van der Waals surface area contributed by atoms with Gasteiger partial charge in [-0.3, -0.25) is 10.1 Å². The molecule has 0 aromatic heterocycles. The third kappa shape index (κ3) is 3.89. The van der Waals surface area contributed by atoms with Crippen molar-refractivity contribution >= 4 is 11.7 Å². The van der Waals surface area contributed by atoms with Crippen molar-refractivity contribution in [3.63, 3.8) is 0 Å². The van der Waals surface area contributed by atoms with Crippen LogP contribution in [0.15, 0.2) is 36.4 Å². The Morgan fingerprint density at radius 3 is 2.50 bits per heavy atom. The molecular formula is C19H19NO6. The quantitative estimate of drug-likeness (QED) is 0.357. The van der Waals surface area contributed by atoms with Crippen LogP contribution in [0.2, 0.25) is 0 Å². The molecule has 1 saturated heterocycles. The number of hydrogen-bond donors (Lipinski definition) is 0. The van der Waals surface area contributed by atoms with E-state index in [1.807, 2.05) is 13.8 Å². The first-order valence-electron chi connectivity index (χ1n) is 8.26. The molecule has 0 saturated carbocycles. The molecule has 7 heteroatoms. The average molecular weight is 357 g/mol. The van der Waals surface area contributed by atoms with Crippen molar-refractivity contribution in [3.05, 3.63) is 68.8 Å². The molecule has 2 aromatic rings. The normalized spacial score (nSPS) is 14.8. The van der Waals surface area contributed by atoms with Gasteiger partial charge in [0.05, 0.1) is 23.7 Å². The standard InChI is InChI=1S/C19H19NO6/c1-12-4-5-14(10-13(12)2)18(21)26-17-7-6-15(11-16(17)20(22)23)19-24-8-3-9-25-19/h4-7,10-11,19H,3,8-9H2,1-2H3. The molecule has 0 N–H and O–H groups in total. The first-order chi connectivity index (χ1) is 12.5. The fraction of sp³-hybridized carbons (Fsp3) is 0.316. The maximum atomic E-state index is 12.3. The molecule has 1 aliphatic rings. The van der Waals surface area contributed by atoms with Gasteiger partial charge in [0.25, 0.3) is 0 Å². The van der Waals surface area contributed by atoms with Crippen LogP contribution in [0.25, 0.3) is 0 Å². The molecule has 0 aliphatic carbocycles. The Hall–Kier alpha value is -2.77. The summed E-state index contributed by atoms with van der Waals surface area (Å²) in [7, 11) is 0. The number of nitro benzene ring substituents is 1. The first-order valence-corrected chi connectivity index (χ1v) is 8.26. The summed E-state index contributed by atoms with van der Waals surface area (Å²) in [5.74, 6) is -0.757. The Labute approximate surface area is 150 Å². The maximum absolute atomic E-state index is 12.3. The largest absolute Gasteiger partial charge is 0.416 e. The fourth-order valence-electron chi connectivity index (χ4n) is 2.62. The van der Waals surface area contributed by atoms with E-state index in [9.17, 15) is 14.9 Å². The van der Waals surface area contributed by atoms with Crippen LogP contribution in [0.4, 0.5) is 5.69 Å². The number of hydrogen-bond acceptors (Lipinski definition) is 6. The van der Waals surface area contributed by atoms with Crippen LogP contribution in [0.5, 0.6) is 5.75 Å². The van der Waals surface area contributed by atoms with E-state index in [1.165, 1.54) is 12.1 Å². The molecular weight excluding hydrogens is 338 g/mol. The van der Waals surface area contributed by atoms with Crippen molar-refractivity contribution in [2.45, 2.75) is 26.6 Å². The maximum Gasteiger partial charge on any atom is 0.343 e. The predicted octanol–water partition coefficient (Wildman–Crippen LogP) is 3.87. The van der Waals surface area contributed by atoms with E-state index in [0.717, 1.165) is 17.5 Å². The van der Waals surface area contributed by atoms with Crippen LogP contribution in [0.1, 0.15) is 39.8 Å². The summed E-state index contributed by atoms with van der Waals surface area (Å²) in [5.41, 5.74) is 2.53. The number of carbonyl (C=O) groups is 1. The van der Waals surface area contributed by atoms with Gasteiger partial charge in [-0.2, -0.15) is 0 Å². The van der Waals surface area contributed by atoms with E-state index in [0.29, 0.717) is 24.3 Å².